The van der Waals surface area contributed by atoms with Crippen molar-refractivity contribution >= 4 is 38.7 Å². The van der Waals surface area contributed by atoms with E-state index in [1.165, 1.54) is 43.8 Å². The first-order valence-electron chi connectivity index (χ1n) is 8.92. The van der Waals surface area contributed by atoms with Gasteiger partial charge in [0.25, 0.3) is 0 Å². The zero-order valence-corrected chi connectivity index (χ0v) is 15.1. The molecule has 0 amide bonds. The Morgan fingerprint density at radius 2 is 1.68 bits per heavy atom. The van der Waals surface area contributed by atoms with Crippen LogP contribution in [0.3, 0.4) is 0 Å². The molecule has 1 aliphatic carbocycles. The van der Waals surface area contributed by atoms with Gasteiger partial charge in [0.2, 0.25) is 0 Å². The molecule has 25 heavy (non-hydrogen) atoms. The van der Waals surface area contributed by atoms with Gasteiger partial charge in [-0.15, -0.1) is 0 Å². The van der Waals surface area contributed by atoms with Crippen molar-refractivity contribution in [3.63, 3.8) is 0 Å². The van der Waals surface area contributed by atoms with E-state index < -0.39 is 0 Å². The predicted octanol–water partition coefficient (Wildman–Crippen LogP) is 6.46. The molecule has 3 aromatic carbocycles. The lowest BCUT2D eigenvalue weighted by molar-refractivity contribution is 0.683. The third-order valence-electron chi connectivity index (χ3n) is 5.61. The second-order valence-electron chi connectivity index (χ2n) is 7.92. The van der Waals surface area contributed by atoms with Crippen LogP contribution in [0.15, 0.2) is 48.5 Å². The van der Waals surface area contributed by atoms with Gasteiger partial charge in [0.1, 0.15) is 0 Å². The molecule has 0 aliphatic heterocycles. The average molecular weight is 323 g/mol. The maximum absolute atomic E-state index is 5.12. The molecule has 0 N–H and O–H groups in total. The van der Waals surface area contributed by atoms with E-state index in [9.17, 15) is 0 Å². The van der Waals surface area contributed by atoms with Gasteiger partial charge in [-0.05, 0) is 48.1 Å². The Morgan fingerprint density at radius 1 is 0.880 bits per heavy atom. The van der Waals surface area contributed by atoms with Gasteiger partial charge >= 0.3 is 0 Å². The minimum absolute atomic E-state index is 0.000337. The lowest BCUT2D eigenvalue weighted by Gasteiger charge is -2.29. The summed E-state index contributed by atoms with van der Waals surface area (Å²) in [5, 5.41) is 5.17. The van der Waals surface area contributed by atoms with Crippen LogP contribution in [-0.4, -0.2) is 4.98 Å². The minimum Gasteiger partial charge on any atom is -0.247 e. The van der Waals surface area contributed by atoms with Crippen LogP contribution < -0.4 is 0 Å². The second kappa shape index (κ2) is 4.70. The normalized spacial score (nSPS) is 15.4. The molecule has 0 fully saturated rings. The minimum atomic E-state index is 0.000337. The molecule has 0 atom stereocenters. The highest BCUT2D eigenvalue weighted by molar-refractivity contribution is 6.13. The fraction of sp³-hybridized carbons (Fsp3) is 0.208. The van der Waals surface area contributed by atoms with Gasteiger partial charge in [-0.2, -0.15) is 0 Å². The summed E-state index contributed by atoms with van der Waals surface area (Å²) in [7, 11) is 0. The maximum atomic E-state index is 5.12. The first-order chi connectivity index (χ1) is 12.0. The van der Waals surface area contributed by atoms with Gasteiger partial charge < -0.3 is 0 Å². The highest BCUT2D eigenvalue weighted by Crippen LogP contribution is 2.43. The van der Waals surface area contributed by atoms with E-state index in [0.29, 0.717) is 0 Å². The predicted molar refractivity (Wildman–Crippen MR) is 108 cm³/mol. The average Bonchev–Trinajstić information content (AvgIpc) is 2.57. The van der Waals surface area contributed by atoms with Gasteiger partial charge in [0.15, 0.2) is 0 Å². The molecule has 122 valence electrons. The smallest absolute Gasteiger partial charge is 0.0791 e. The van der Waals surface area contributed by atoms with Crippen LogP contribution in [0.1, 0.15) is 36.1 Å². The Bertz CT molecular complexity index is 1230. The molecular weight excluding hydrogens is 302 g/mol. The molecule has 1 heteroatoms. The second-order valence-corrected chi connectivity index (χ2v) is 7.92. The van der Waals surface area contributed by atoms with Crippen LogP contribution in [0, 0.1) is 13.8 Å². The summed E-state index contributed by atoms with van der Waals surface area (Å²) in [5.41, 5.74) is 7.53. The molecule has 0 radical (unpaired) electrons. The fourth-order valence-corrected chi connectivity index (χ4v) is 4.48. The molecule has 0 saturated heterocycles. The van der Waals surface area contributed by atoms with Crippen molar-refractivity contribution in [3.8, 4) is 0 Å². The molecule has 0 bridgehead atoms. The monoisotopic (exact) mass is 323 g/mol. The molecule has 1 heterocycles. The number of aryl methyl sites for hydroxylation is 2. The van der Waals surface area contributed by atoms with Crippen LogP contribution in [0.25, 0.3) is 38.7 Å². The maximum Gasteiger partial charge on any atom is 0.0791 e. The van der Waals surface area contributed by atoms with Gasteiger partial charge in [-0.1, -0.05) is 61.9 Å². The van der Waals surface area contributed by atoms with Gasteiger partial charge in [-0.25, -0.2) is 4.98 Å². The lowest BCUT2D eigenvalue weighted by Crippen LogP contribution is -2.18. The van der Waals surface area contributed by atoms with E-state index in [1.54, 1.807) is 0 Å². The van der Waals surface area contributed by atoms with Crippen molar-refractivity contribution in [3.05, 3.63) is 70.8 Å². The molecule has 1 aliphatic rings. The van der Waals surface area contributed by atoms with E-state index >= 15 is 0 Å². The number of aromatic nitrogens is 1. The topological polar surface area (TPSA) is 12.9 Å². The van der Waals surface area contributed by atoms with Crippen molar-refractivity contribution in [1.29, 1.82) is 0 Å². The van der Waals surface area contributed by atoms with Gasteiger partial charge in [-0.3, -0.25) is 0 Å². The Balaban J connectivity index is 2.10. The van der Waals surface area contributed by atoms with Crippen LogP contribution >= 0.6 is 0 Å². The molecule has 5 rings (SSSR count). The number of rotatable bonds is 0. The van der Waals surface area contributed by atoms with E-state index in [1.807, 2.05) is 0 Å². The third-order valence-corrected chi connectivity index (χ3v) is 5.61. The molecular formula is C24H21N. The summed E-state index contributed by atoms with van der Waals surface area (Å²) >= 11 is 0. The number of benzene rings is 3. The Kier molecular flexibility index (Phi) is 2.75. The van der Waals surface area contributed by atoms with Crippen LogP contribution in [0.4, 0.5) is 0 Å². The fourth-order valence-electron chi connectivity index (χ4n) is 4.48. The SMILES string of the molecule is Cc1cc(C)c2ccc3c4c5c(cccc5nc3c2c1)C=CC4(C)C. The molecule has 0 saturated carbocycles. The molecule has 1 aromatic heterocycles. The number of allylic oxidation sites excluding steroid dienone is 1. The third kappa shape index (κ3) is 1.93. The summed E-state index contributed by atoms with van der Waals surface area (Å²) < 4.78 is 0. The first-order valence-corrected chi connectivity index (χ1v) is 8.92. The number of hydrogen-bond acceptors (Lipinski definition) is 1. The standard InChI is InChI=1S/C24H21N/c1-14-12-15(2)17-8-9-18-22-21-16(10-11-24(22,3)4)6-5-7-20(21)25-23(18)19(17)13-14/h5-13H,1-4H3. The van der Waals surface area contributed by atoms with E-state index in [2.05, 4.69) is 82.3 Å². The zero-order valence-electron chi connectivity index (χ0n) is 15.1. The van der Waals surface area contributed by atoms with Crippen molar-refractivity contribution in [2.24, 2.45) is 0 Å². The molecule has 0 unspecified atom stereocenters. The Hall–Kier alpha value is -2.67. The quantitative estimate of drug-likeness (QED) is 0.267. The Labute approximate surface area is 148 Å². The number of pyridine rings is 1. The summed E-state index contributed by atoms with van der Waals surface area (Å²) in [6, 6.07) is 15.5. The van der Waals surface area contributed by atoms with Gasteiger partial charge in [0, 0.05) is 21.6 Å². The van der Waals surface area contributed by atoms with Crippen molar-refractivity contribution in [2.45, 2.75) is 33.1 Å². The van der Waals surface area contributed by atoms with Crippen LogP contribution in [0.2, 0.25) is 0 Å². The van der Waals surface area contributed by atoms with Gasteiger partial charge in [0.05, 0.1) is 11.0 Å². The molecule has 0 spiro atoms. The van der Waals surface area contributed by atoms with Crippen molar-refractivity contribution < 1.29 is 0 Å². The van der Waals surface area contributed by atoms with Crippen LogP contribution in [0.5, 0.6) is 0 Å². The highest BCUT2D eigenvalue weighted by atomic mass is 14.7. The van der Waals surface area contributed by atoms with E-state index in [4.69, 9.17) is 4.98 Å². The zero-order chi connectivity index (χ0) is 17.3. The number of fused-ring (bicyclic) bond motifs is 4. The highest BCUT2D eigenvalue weighted by Gasteiger charge is 2.27. The summed E-state index contributed by atoms with van der Waals surface area (Å²) in [5.74, 6) is 0. The number of nitrogens with zero attached hydrogens (tertiary/aromatic N) is 1. The summed E-state index contributed by atoms with van der Waals surface area (Å²) in [4.78, 5) is 5.12. The number of hydrogen-bond donors (Lipinski definition) is 0. The summed E-state index contributed by atoms with van der Waals surface area (Å²) in [6.45, 7) is 8.97. The molecule has 1 nitrogen and oxygen atoms in total. The van der Waals surface area contributed by atoms with Crippen molar-refractivity contribution in [1.82, 2.24) is 4.98 Å². The summed E-state index contributed by atoms with van der Waals surface area (Å²) in [6.07, 6.45) is 4.58. The first kappa shape index (κ1) is 14.7. The lowest BCUT2D eigenvalue weighted by atomic mass is 9.75. The Morgan fingerprint density at radius 3 is 2.52 bits per heavy atom. The van der Waals surface area contributed by atoms with Crippen molar-refractivity contribution in [2.75, 3.05) is 0 Å². The largest absolute Gasteiger partial charge is 0.247 e. The van der Waals surface area contributed by atoms with E-state index in [-0.39, 0.29) is 5.41 Å². The molecule has 4 aromatic rings. The van der Waals surface area contributed by atoms with Crippen LogP contribution in [-0.2, 0) is 5.41 Å². The van der Waals surface area contributed by atoms with E-state index in [0.717, 1.165) is 11.0 Å².